The summed E-state index contributed by atoms with van der Waals surface area (Å²) in [5.74, 6) is -0.322. The van der Waals surface area contributed by atoms with Crippen LogP contribution in [0.5, 0.6) is 0 Å². The van der Waals surface area contributed by atoms with Crippen LogP contribution in [0.25, 0.3) is 0 Å². The highest BCUT2D eigenvalue weighted by Gasteiger charge is 2.40. The number of piperazine rings is 1. The van der Waals surface area contributed by atoms with Crippen molar-refractivity contribution in [3.63, 3.8) is 0 Å². The van der Waals surface area contributed by atoms with Crippen LogP contribution in [0.1, 0.15) is 51.4 Å². The molecule has 5 nitrogen and oxygen atoms in total. The first-order valence-electron chi connectivity index (χ1n) is 8.65. The van der Waals surface area contributed by atoms with Crippen molar-refractivity contribution >= 4 is 5.91 Å². The molecule has 3 aliphatic rings. The molecule has 0 spiro atoms. The zero-order valence-corrected chi connectivity index (χ0v) is 13.1. The second kappa shape index (κ2) is 6.23. The first kappa shape index (κ1) is 15.3. The lowest BCUT2D eigenvalue weighted by atomic mass is 9.78. The summed E-state index contributed by atoms with van der Waals surface area (Å²) in [6.07, 6.45) is 9.26. The largest absolute Gasteiger partial charge is 0.368 e. The molecule has 1 amide bonds. The molecular formula is C16H30N4O. The Bertz CT molecular complexity index is 374. The standard InChI is InChI=1S/C16H30N4O/c17-15(21)16(18)7-3-6-14(12-16)20-10-8-19(9-11-20)13-4-1-2-5-13/h13-14H,1-12,18H2,(H2,17,21). The van der Waals surface area contributed by atoms with Crippen LogP contribution in [0.3, 0.4) is 0 Å². The third-order valence-corrected chi connectivity index (χ3v) is 5.96. The highest BCUT2D eigenvalue weighted by molar-refractivity contribution is 5.84. The van der Waals surface area contributed by atoms with E-state index in [1.54, 1.807) is 0 Å². The van der Waals surface area contributed by atoms with E-state index in [1.165, 1.54) is 38.8 Å². The Morgan fingerprint density at radius 1 is 0.905 bits per heavy atom. The Kier molecular flexibility index (Phi) is 4.52. The van der Waals surface area contributed by atoms with Gasteiger partial charge in [-0.25, -0.2) is 0 Å². The van der Waals surface area contributed by atoms with Gasteiger partial charge in [-0.1, -0.05) is 12.8 Å². The second-order valence-electron chi connectivity index (χ2n) is 7.28. The summed E-state index contributed by atoms with van der Waals surface area (Å²) in [5, 5.41) is 0. The Balaban J connectivity index is 1.53. The third kappa shape index (κ3) is 3.25. The van der Waals surface area contributed by atoms with Gasteiger partial charge in [0.1, 0.15) is 0 Å². The maximum absolute atomic E-state index is 11.6. The van der Waals surface area contributed by atoms with E-state index in [4.69, 9.17) is 11.5 Å². The molecular weight excluding hydrogens is 264 g/mol. The number of rotatable bonds is 3. The molecule has 4 N–H and O–H groups in total. The number of primary amides is 1. The van der Waals surface area contributed by atoms with Gasteiger partial charge in [0.15, 0.2) is 0 Å². The number of hydrogen-bond acceptors (Lipinski definition) is 4. The Morgan fingerprint density at radius 2 is 1.43 bits per heavy atom. The number of carbonyl (C=O) groups excluding carboxylic acids is 1. The van der Waals surface area contributed by atoms with Gasteiger partial charge in [-0.15, -0.1) is 0 Å². The molecule has 1 aliphatic heterocycles. The lowest BCUT2D eigenvalue weighted by Gasteiger charge is -2.45. The molecule has 0 aromatic carbocycles. The zero-order valence-electron chi connectivity index (χ0n) is 13.1. The van der Waals surface area contributed by atoms with Crippen LogP contribution in [-0.4, -0.2) is 59.5 Å². The molecule has 1 heterocycles. The number of carbonyl (C=O) groups is 1. The normalized spacial score (nSPS) is 36.9. The monoisotopic (exact) mass is 294 g/mol. The van der Waals surface area contributed by atoms with Gasteiger partial charge in [-0.3, -0.25) is 14.6 Å². The van der Waals surface area contributed by atoms with Gasteiger partial charge in [0.25, 0.3) is 0 Å². The lowest BCUT2D eigenvalue weighted by molar-refractivity contribution is -0.125. The van der Waals surface area contributed by atoms with Crippen LogP contribution in [-0.2, 0) is 4.79 Å². The van der Waals surface area contributed by atoms with Gasteiger partial charge in [0, 0.05) is 38.3 Å². The molecule has 2 atom stereocenters. The average molecular weight is 294 g/mol. The molecule has 2 aliphatic carbocycles. The lowest BCUT2D eigenvalue weighted by Crippen LogP contribution is -2.60. The summed E-state index contributed by atoms with van der Waals surface area (Å²) in [5.41, 5.74) is 10.9. The zero-order chi connectivity index (χ0) is 14.9. The molecule has 1 saturated heterocycles. The van der Waals surface area contributed by atoms with E-state index in [-0.39, 0.29) is 5.91 Å². The molecule has 0 bridgehead atoms. The van der Waals surface area contributed by atoms with Gasteiger partial charge in [0.05, 0.1) is 5.54 Å². The highest BCUT2D eigenvalue weighted by atomic mass is 16.1. The number of nitrogens with zero attached hydrogens (tertiary/aromatic N) is 2. The van der Waals surface area contributed by atoms with Crippen LogP contribution >= 0.6 is 0 Å². The first-order valence-corrected chi connectivity index (χ1v) is 8.65. The molecule has 0 aromatic heterocycles. The molecule has 0 aromatic rings. The van der Waals surface area contributed by atoms with Crippen molar-refractivity contribution in [2.45, 2.75) is 69.0 Å². The fraction of sp³-hybridized carbons (Fsp3) is 0.938. The summed E-state index contributed by atoms with van der Waals surface area (Å²) in [6, 6.07) is 1.28. The van der Waals surface area contributed by atoms with E-state index in [1.807, 2.05) is 0 Å². The van der Waals surface area contributed by atoms with E-state index >= 15 is 0 Å². The first-order chi connectivity index (χ1) is 10.1. The number of amides is 1. The van der Waals surface area contributed by atoms with Crippen molar-refractivity contribution in [2.75, 3.05) is 26.2 Å². The Labute approximate surface area is 128 Å². The Hall–Kier alpha value is -0.650. The minimum Gasteiger partial charge on any atom is -0.368 e. The topological polar surface area (TPSA) is 75.6 Å². The minimum absolute atomic E-state index is 0.322. The van der Waals surface area contributed by atoms with E-state index < -0.39 is 5.54 Å². The van der Waals surface area contributed by atoms with Crippen LogP contribution in [0, 0.1) is 0 Å². The SMILES string of the molecule is NC(=O)C1(N)CCCC(N2CCN(C3CCCC3)CC2)C1. The number of nitrogens with two attached hydrogens (primary N) is 2. The van der Waals surface area contributed by atoms with Crippen molar-refractivity contribution in [1.29, 1.82) is 0 Å². The molecule has 21 heavy (non-hydrogen) atoms. The van der Waals surface area contributed by atoms with Crippen molar-refractivity contribution in [1.82, 2.24) is 9.80 Å². The van der Waals surface area contributed by atoms with Crippen molar-refractivity contribution in [3.05, 3.63) is 0 Å². The predicted octanol–water partition coefficient (Wildman–Crippen LogP) is 0.672. The van der Waals surface area contributed by atoms with Gasteiger partial charge in [-0.05, 0) is 38.5 Å². The van der Waals surface area contributed by atoms with Crippen LogP contribution in [0.4, 0.5) is 0 Å². The Morgan fingerprint density at radius 3 is 2.00 bits per heavy atom. The van der Waals surface area contributed by atoms with Gasteiger partial charge >= 0.3 is 0 Å². The van der Waals surface area contributed by atoms with Gasteiger partial charge in [0.2, 0.25) is 5.91 Å². The molecule has 2 unspecified atom stereocenters. The molecule has 3 rings (SSSR count). The summed E-state index contributed by atoms with van der Waals surface area (Å²) >= 11 is 0. The molecule has 5 heteroatoms. The van der Waals surface area contributed by atoms with Crippen molar-refractivity contribution in [2.24, 2.45) is 11.5 Å². The highest BCUT2D eigenvalue weighted by Crippen LogP contribution is 2.31. The fourth-order valence-electron chi connectivity index (χ4n) is 4.55. The maximum Gasteiger partial charge on any atom is 0.237 e. The van der Waals surface area contributed by atoms with Crippen LogP contribution in [0.15, 0.2) is 0 Å². The van der Waals surface area contributed by atoms with Crippen molar-refractivity contribution < 1.29 is 4.79 Å². The summed E-state index contributed by atoms with van der Waals surface area (Å²) in [6.45, 7) is 4.59. The van der Waals surface area contributed by atoms with E-state index in [0.717, 1.165) is 44.8 Å². The predicted molar refractivity (Wildman–Crippen MR) is 83.8 cm³/mol. The maximum atomic E-state index is 11.6. The van der Waals surface area contributed by atoms with Gasteiger partial charge < -0.3 is 11.5 Å². The average Bonchev–Trinajstić information content (AvgIpc) is 3.01. The quantitative estimate of drug-likeness (QED) is 0.802. The number of hydrogen-bond donors (Lipinski definition) is 2. The summed E-state index contributed by atoms with van der Waals surface area (Å²) in [4.78, 5) is 16.8. The minimum atomic E-state index is -0.772. The molecule has 2 saturated carbocycles. The van der Waals surface area contributed by atoms with E-state index in [0.29, 0.717) is 6.04 Å². The molecule has 0 radical (unpaired) electrons. The summed E-state index contributed by atoms with van der Waals surface area (Å²) < 4.78 is 0. The van der Waals surface area contributed by atoms with Crippen LogP contribution in [0.2, 0.25) is 0 Å². The van der Waals surface area contributed by atoms with Crippen LogP contribution < -0.4 is 11.5 Å². The molecule has 120 valence electrons. The van der Waals surface area contributed by atoms with Crippen molar-refractivity contribution in [3.8, 4) is 0 Å². The molecule has 3 fully saturated rings. The van der Waals surface area contributed by atoms with E-state index in [2.05, 4.69) is 9.80 Å². The summed E-state index contributed by atoms with van der Waals surface area (Å²) in [7, 11) is 0. The van der Waals surface area contributed by atoms with E-state index in [9.17, 15) is 4.79 Å². The second-order valence-corrected chi connectivity index (χ2v) is 7.28. The fourth-order valence-corrected chi connectivity index (χ4v) is 4.55. The smallest absolute Gasteiger partial charge is 0.237 e. The third-order valence-electron chi connectivity index (χ3n) is 5.96. The van der Waals surface area contributed by atoms with Gasteiger partial charge in [-0.2, -0.15) is 0 Å².